The molecule has 8 nitrogen and oxygen atoms in total. The molecule has 1 aromatic rings. The van der Waals surface area contributed by atoms with Gasteiger partial charge in [-0.1, -0.05) is 5.22 Å². The largest absolute Gasteiger partial charge is 0.278 e. The first-order valence-electron chi connectivity index (χ1n) is 6.20. The van der Waals surface area contributed by atoms with E-state index in [0.717, 1.165) is 25.9 Å². The summed E-state index contributed by atoms with van der Waals surface area (Å²) in [6.45, 7) is 1.79. The molecule has 106 valence electrons. The topological polar surface area (TPSA) is 111 Å². The van der Waals surface area contributed by atoms with Gasteiger partial charge in [-0.05, 0) is 49.1 Å². The Morgan fingerprint density at radius 3 is 2.35 bits per heavy atom. The highest BCUT2D eigenvalue weighted by molar-refractivity contribution is 7.90. The van der Waals surface area contributed by atoms with Crippen molar-refractivity contribution in [1.29, 1.82) is 0 Å². The standard InChI is InChI=1S/C11H14N6O2S/c12-14-16-20(18,19)11-6-4-10(5-7-11)13-15-17-8-2-1-3-9-17/h4-7H,1-3,8-9H2. The second kappa shape index (κ2) is 6.36. The summed E-state index contributed by atoms with van der Waals surface area (Å²) in [5.74, 6) is 0. The van der Waals surface area contributed by atoms with Crippen LogP contribution in [0.4, 0.5) is 5.69 Å². The molecule has 1 fully saturated rings. The Labute approximate surface area is 116 Å². The van der Waals surface area contributed by atoms with Gasteiger partial charge in [0.2, 0.25) is 0 Å². The third-order valence-corrected chi connectivity index (χ3v) is 4.05. The molecule has 0 aromatic heterocycles. The van der Waals surface area contributed by atoms with Crippen molar-refractivity contribution in [1.82, 2.24) is 5.01 Å². The van der Waals surface area contributed by atoms with Gasteiger partial charge in [0, 0.05) is 22.5 Å². The molecule has 1 aliphatic heterocycles. The number of azide groups is 1. The molecule has 0 atom stereocenters. The molecule has 0 aliphatic carbocycles. The Hall–Kier alpha value is -2.12. The van der Waals surface area contributed by atoms with Crippen LogP contribution in [-0.2, 0) is 10.0 Å². The number of sulfonamides is 1. The maximum atomic E-state index is 11.5. The summed E-state index contributed by atoms with van der Waals surface area (Å²) < 4.78 is 25.7. The molecule has 0 spiro atoms. The minimum atomic E-state index is -3.94. The van der Waals surface area contributed by atoms with Gasteiger partial charge >= 0.3 is 0 Å². The normalized spacial score (nSPS) is 16.1. The Morgan fingerprint density at radius 2 is 1.75 bits per heavy atom. The van der Waals surface area contributed by atoms with E-state index in [-0.39, 0.29) is 4.90 Å². The van der Waals surface area contributed by atoms with E-state index in [9.17, 15) is 8.42 Å². The molecule has 20 heavy (non-hydrogen) atoms. The van der Waals surface area contributed by atoms with Crippen LogP contribution in [0.3, 0.4) is 0 Å². The predicted molar refractivity (Wildman–Crippen MR) is 72.7 cm³/mol. The van der Waals surface area contributed by atoms with Gasteiger partial charge in [-0.3, -0.25) is 5.01 Å². The summed E-state index contributed by atoms with van der Waals surface area (Å²) >= 11 is 0. The summed E-state index contributed by atoms with van der Waals surface area (Å²) in [6, 6.07) is 5.73. The Morgan fingerprint density at radius 1 is 1.10 bits per heavy atom. The molecule has 0 saturated carbocycles. The van der Waals surface area contributed by atoms with Crippen molar-refractivity contribution >= 4 is 15.7 Å². The fourth-order valence-corrected chi connectivity index (χ4v) is 2.53. The van der Waals surface area contributed by atoms with Gasteiger partial charge in [0.15, 0.2) is 0 Å². The first-order valence-corrected chi connectivity index (χ1v) is 7.64. The highest BCUT2D eigenvalue weighted by Gasteiger charge is 2.11. The molecule has 2 rings (SSSR count). The Balaban J connectivity index is 2.08. The van der Waals surface area contributed by atoms with Crippen molar-refractivity contribution < 1.29 is 8.42 Å². The van der Waals surface area contributed by atoms with E-state index in [0.29, 0.717) is 5.69 Å². The third kappa shape index (κ3) is 3.69. The fraction of sp³-hybridized carbons (Fsp3) is 0.455. The van der Waals surface area contributed by atoms with Gasteiger partial charge < -0.3 is 0 Å². The molecule has 0 amide bonds. The zero-order chi connectivity index (χ0) is 14.4. The van der Waals surface area contributed by atoms with Crippen LogP contribution in [-0.4, -0.2) is 26.5 Å². The third-order valence-electron chi connectivity index (χ3n) is 2.90. The van der Waals surface area contributed by atoms with Crippen molar-refractivity contribution in [2.45, 2.75) is 24.2 Å². The van der Waals surface area contributed by atoms with Crippen LogP contribution in [0.25, 0.3) is 10.4 Å². The molecule has 1 aliphatic rings. The molecule has 1 saturated heterocycles. The average molecular weight is 294 g/mol. The van der Waals surface area contributed by atoms with Crippen molar-refractivity contribution in [3.63, 3.8) is 0 Å². The Kier molecular flexibility index (Phi) is 4.54. The summed E-state index contributed by atoms with van der Waals surface area (Å²) in [7, 11) is -3.94. The van der Waals surface area contributed by atoms with Crippen LogP contribution < -0.4 is 0 Å². The van der Waals surface area contributed by atoms with Crippen LogP contribution in [0.1, 0.15) is 19.3 Å². The zero-order valence-corrected chi connectivity index (χ0v) is 11.6. The van der Waals surface area contributed by atoms with Gasteiger partial charge in [-0.2, -0.15) is 0 Å². The molecular weight excluding hydrogens is 280 g/mol. The first kappa shape index (κ1) is 14.3. The van der Waals surface area contributed by atoms with Gasteiger partial charge in [-0.15, -0.1) is 5.11 Å². The van der Waals surface area contributed by atoms with E-state index in [4.69, 9.17) is 5.53 Å². The van der Waals surface area contributed by atoms with E-state index in [1.54, 1.807) is 0 Å². The van der Waals surface area contributed by atoms with Gasteiger partial charge in [0.1, 0.15) is 0 Å². The van der Waals surface area contributed by atoms with E-state index < -0.39 is 10.0 Å². The number of hydrogen-bond acceptors (Lipinski definition) is 4. The van der Waals surface area contributed by atoms with E-state index in [1.807, 2.05) is 5.01 Å². The summed E-state index contributed by atoms with van der Waals surface area (Å²) in [5, 5.41) is 10.1. The number of nitrogens with zero attached hydrogens (tertiary/aromatic N) is 6. The predicted octanol–water partition coefficient (Wildman–Crippen LogP) is 3.17. The van der Waals surface area contributed by atoms with Crippen molar-refractivity contribution in [2.75, 3.05) is 13.1 Å². The van der Waals surface area contributed by atoms with Gasteiger partial charge in [0.25, 0.3) is 10.0 Å². The first-order chi connectivity index (χ1) is 9.62. The van der Waals surface area contributed by atoms with Crippen molar-refractivity contribution in [2.24, 2.45) is 14.9 Å². The smallest absolute Gasteiger partial charge is 0.264 e. The summed E-state index contributed by atoms with van der Waals surface area (Å²) in [6.07, 6.45) is 3.45. The number of rotatable bonds is 4. The lowest BCUT2D eigenvalue weighted by Gasteiger charge is -2.21. The van der Waals surface area contributed by atoms with Crippen LogP contribution in [0.5, 0.6) is 0 Å². The molecule has 9 heteroatoms. The van der Waals surface area contributed by atoms with Gasteiger partial charge in [-0.25, -0.2) is 8.42 Å². The molecule has 1 aromatic carbocycles. The number of piperidine rings is 1. The minimum absolute atomic E-state index is 0.0628. The molecule has 0 bridgehead atoms. The molecule has 1 heterocycles. The lowest BCUT2D eigenvalue weighted by molar-refractivity contribution is 0.224. The molecule has 0 unspecified atom stereocenters. The highest BCUT2D eigenvalue weighted by atomic mass is 32.2. The van der Waals surface area contributed by atoms with Crippen molar-refractivity contribution in [3.8, 4) is 0 Å². The van der Waals surface area contributed by atoms with E-state index >= 15 is 0 Å². The summed E-state index contributed by atoms with van der Waals surface area (Å²) in [4.78, 5) is 2.23. The molecule has 0 N–H and O–H groups in total. The monoisotopic (exact) mass is 294 g/mol. The van der Waals surface area contributed by atoms with Crippen LogP contribution >= 0.6 is 0 Å². The molecular formula is C11H14N6O2S. The minimum Gasteiger partial charge on any atom is -0.278 e. The van der Waals surface area contributed by atoms with E-state index in [2.05, 4.69) is 19.8 Å². The van der Waals surface area contributed by atoms with E-state index in [1.165, 1.54) is 30.7 Å². The lowest BCUT2D eigenvalue weighted by Crippen LogP contribution is -2.23. The second-order valence-corrected chi connectivity index (χ2v) is 5.93. The quantitative estimate of drug-likeness (QED) is 0.483. The van der Waals surface area contributed by atoms with Crippen LogP contribution in [0.15, 0.2) is 44.0 Å². The maximum Gasteiger partial charge on any atom is 0.264 e. The SMILES string of the molecule is [N-]=[N+]=NS(=O)(=O)c1ccc(N=NN2CCCCC2)cc1. The zero-order valence-electron chi connectivity index (χ0n) is 10.8. The Bertz CT molecular complexity index is 627. The number of benzene rings is 1. The van der Waals surface area contributed by atoms with Gasteiger partial charge in [0.05, 0.1) is 10.6 Å². The lowest BCUT2D eigenvalue weighted by atomic mass is 10.2. The maximum absolute atomic E-state index is 11.5. The summed E-state index contributed by atoms with van der Waals surface area (Å²) in [5.41, 5.74) is 8.74. The highest BCUT2D eigenvalue weighted by Crippen LogP contribution is 2.19. The van der Waals surface area contributed by atoms with Crippen LogP contribution in [0.2, 0.25) is 0 Å². The van der Waals surface area contributed by atoms with Crippen molar-refractivity contribution in [3.05, 3.63) is 34.7 Å². The van der Waals surface area contributed by atoms with Crippen LogP contribution in [0, 0.1) is 0 Å². The number of hydrogen-bond donors (Lipinski definition) is 0. The fourth-order valence-electron chi connectivity index (χ4n) is 1.86. The molecule has 0 radical (unpaired) electrons. The average Bonchev–Trinajstić information content (AvgIpc) is 2.47. The second-order valence-electron chi connectivity index (χ2n) is 4.34.